The number of esters is 1. The lowest BCUT2D eigenvalue weighted by Crippen LogP contribution is -2.42. The van der Waals surface area contributed by atoms with E-state index in [0.717, 1.165) is 0 Å². The molecule has 0 radical (unpaired) electrons. The highest BCUT2D eigenvalue weighted by molar-refractivity contribution is 7.89. The van der Waals surface area contributed by atoms with Gasteiger partial charge in [0.15, 0.2) is 12.4 Å². The van der Waals surface area contributed by atoms with Gasteiger partial charge in [0.2, 0.25) is 10.0 Å². The molecule has 29 heavy (non-hydrogen) atoms. The molecular formula is C18H19N3O7S. The fourth-order valence-corrected chi connectivity index (χ4v) is 3.54. The van der Waals surface area contributed by atoms with Gasteiger partial charge in [0, 0.05) is 12.2 Å². The topological polar surface area (TPSA) is 149 Å². The predicted molar refractivity (Wildman–Crippen MR) is 100 cm³/mol. The van der Waals surface area contributed by atoms with Gasteiger partial charge in [-0.05, 0) is 43.2 Å². The first-order chi connectivity index (χ1) is 13.8. The second-order valence-corrected chi connectivity index (χ2v) is 7.92. The maximum absolute atomic E-state index is 12.4. The third-order valence-electron chi connectivity index (χ3n) is 4.31. The second-order valence-electron chi connectivity index (χ2n) is 6.36. The fourth-order valence-electron chi connectivity index (χ4n) is 2.98. The first-order valence-corrected chi connectivity index (χ1v) is 10.2. The van der Waals surface area contributed by atoms with Gasteiger partial charge in [-0.25, -0.2) is 18.4 Å². The van der Waals surface area contributed by atoms with Gasteiger partial charge in [-0.2, -0.15) is 0 Å². The molecule has 0 bridgehead atoms. The van der Waals surface area contributed by atoms with Crippen LogP contribution in [-0.2, 0) is 24.3 Å². The Morgan fingerprint density at radius 3 is 2.72 bits per heavy atom. The van der Waals surface area contributed by atoms with Crippen LogP contribution in [0.3, 0.4) is 0 Å². The normalized spacial score (nSPS) is 16.4. The van der Waals surface area contributed by atoms with Crippen LogP contribution in [0.15, 0.2) is 52.0 Å². The Hall–Kier alpha value is -3.18. The van der Waals surface area contributed by atoms with E-state index in [1.165, 1.54) is 41.5 Å². The summed E-state index contributed by atoms with van der Waals surface area (Å²) in [5.74, 6) is -1.65. The lowest BCUT2D eigenvalue weighted by molar-refractivity contribution is -0.151. The lowest BCUT2D eigenvalue weighted by atomic mass is 10.2. The number of sulfonamides is 1. The molecular weight excluding hydrogens is 402 g/mol. The first kappa shape index (κ1) is 20.6. The molecule has 1 saturated heterocycles. The van der Waals surface area contributed by atoms with E-state index in [1.54, 1.807) is 6.07 Å². The summed E-state index contributed by atoms with van der Waals surface area (Å²) in [6, 6.07) is 7.64. The highest BCUT2D eigenvalue weighted by Crippen LogP contribution is 2.21. The molecule has 0 spiro atoms. The number of ether oxygens (including phenoxy) is 1. The third kappa shape index (κ3) is 5.00. The molecule has 1 fully saturated rings. The number of hydrogen-bond acceptors (Lipinski definition) is 7. The van der Waals surface area contributed by atoms with Gasteiger partial charge in [0.25, 0.3) is 11.8 Å². The van der Waals surface area contributed by atoms with Crippen LogP contribution in [0.5, 0.6) is 0 Å². The van der Waals surface area contributed by atoms with Crippen molar-refractivity contribution < 1.29 is 32.0 Å². The number of carbonyl (C=O) groups excluding carboxylic acids is 3. The highest BCUT2D eigenvalue weighted by Gasteiger charge is 2.36. The minimum absolute atomic E-state index is 0.122. The summed E-state index contributed by atoms with van der Waals surface area (Å²) < 4.78 is 32.8. The average Bonchev–Trinajstić information content (AvgIpc) is 3.37. The largest absolute Gasteiger partial charge is 0.459 e. The van der Waals surface area contributed by atoms with Gasteiger partial charge in [0.1, 0.15) is 6.04 Å². The molecule has 1 atom stereocenters. The smallest absolute Gasteiger partial charge is 0.329 e. The standard InChI is InChI=1S/C18H19N3O7S/c19-29(25,26)13-5-1-4-12(10-13)20-16(22)11-28-18(24)14-6-2-8-21(14)17(23)15-7-3-9-27-15/h1,3-5,7,9-10,14H,2,6,8,11H2,(H,20,22)(H2,19,25,26). The van der Waals surface area contributed by atoms with E-state index in [2.05, 4.69) is 5.32 Å². The zero-order chi connectivity index (χ0) is 21.0. The fraction of sp³-hybridized carbons (Fsp3) is 0.278. The van der Waals surface area contributed by atoms with Crippen LogP contribution < -0.4 is 10.5 Å². The lowest BCUT2D eigenvalue weighted by Gasteiger charge is -2.22. The minimum Gasteiger partial charge on any atom is -0.459 e. The van der Waals surface area contributed by atoms with Crippen LogP contribution in [0.2, 0.25) is 0 Å². The van der Waals surface area contributed by atoms with E-state index < -0.39 is 40.5 Å². The van der Waals surface area contributed by atoms with Crippen molar-refractivity contribution in [2.45, 2.75) is 23.8 Å². The van der Waals surface area contributed by atoms with Crippen molar-refractivity contribution in [1.29, 1.82) is 0 Å². The van der Waals surface area contributed by atoms with Gasteiger partial charge < -0.3 is 19.4 Å². The number of carbonyl (C=O) groups is 3. The monoisotopic (exact) mass is 421 g/mol. The minimum atomic E-state index is -3.91. The summed E-state index contributed by atoms with van der Waals surface area (Å²) in [5, 5.41) is 7.47. The molecule has 2 amide bonds. The molecule has 10 nitrogen and oxygen atoms in total. The SMILES string of the molecule is NS(=O)(=O)c1cccc(NC(=O)COC(=O)C2CCCN2C(=O)c2ccco2)c1. The van der Waals surface area contributed by atoms with E-state index in [0.29, 0.717) is 19.4 Å². The summed E-state index contributed by atoms with van der Waals surface area (Å²) in [6.45, 7) is -0.205. The van der Waals surface area contributed by atoms with Gasteiger partial charge in [0.05, 0.1) is 11.2 Å². The molecule has 0 saturated carbocycles. The van der Waals surface area contributed by atoms with Crippen LogP contribution in [0.4, 0.5) is 5.69 Å². The Bertz CT molecular complexity index is 1020. The third-order valence-corrected chi connectivity index (χ3v) is 5.22. The Morgan fingerprint density at radius 2 is 2.03 bits per heavy atom. The van der Waals surface area contributed by atoms with Crippen molar-refractivity contribution in [3.8, 4) is 0 Å². The maximum atomic E-state index is 12.4. The molecule has 2 heterocycles. The Balaban J connectivity index is 1.56. The van der Waals surface area contributed by atoms with Gasteiger partial charge in [-0.1, -0.05) is 6.07 Å². The van der Waals surface area contributed by atoms with Crippen LogP contribution in [0.25, 0.3) is 0 Å². The average molecular weight is 421 g/mol. The van der Waals surface area contributed by atoms with Crippen molar-refractivity contribution in [1.82, 2.24) is 4.90 Å². The zero-order valence-electron chi connectivity index (χ0n) is 15.2. The van der Waals surface area contributed by atoms with Crippen molar-refractivity contribution in [2.75, 3.05) is 18.5 Å². The number of hydrogen-bond donors (Lipinski definition) is 2. The predicted octanol–water partition coefficient (Wildman–Crippen LogP) is 0.713. The molecule has 0 aliphatic carbocycles. The van der Waals surface area contributed by atoms with E-state index in [9.17, 15) is 22.8 Å². The van der Waals surface area contributed by atoms with Crippen molar-refractivity contribution >= 4 is 33.5 Å². The number of benzene rings is 1. The molecule has 1 aromatic carbocycles. The number of furan rings is 1. The van der Waals surface area contributed by atoms with E-state index in [1.807, 2.05) is 0 Å². The number of nitrogens with one attached hydrogen (secondary N) is 1. The molecule has 1 aliphatic heterocycles. The maximum Gasteiger partial charge on any atom is 0.329 e. The summed E-state index contributed by atoms with van der Waals surface area (Å²) in [5.41, 5.74) is 0.188. The molecule has 154 valence electrons. The Morgan fingerprint density at radius 1 is 1.24 bits per heavy atom. The Kier molecular flexibility index (Phi) is 5.99. The van der Waals surface area contributed by atoms with Crippen molar-refractivity contribution in [2.24, 2.45) is 5.14 Å². The van der Waals surface area contributed by atoms with E-state index in [-0.39, 0.29) is 16.3 Å². The molecule has 1 aliphatic rings. The molecule has 2 aromatic rings. The number of likely N-dealkylation sites (tertiary alicyclic amines) is 1. The van der Waals surface area contributed by atoms with Crippen LogP contribution in [0.1, 0.15) is 23.4 Å². The molecule has 1 unspecified atom stereocenters. The number of anilines is 1. The number of rotatable bonds is 6. The second kappa shape index (κ2) is 8.45. The number of nitrogens with two attached hydrogens (primary N) is 1. The van der Waals surface area contributed by atoms with Crippen LogP contribution >= 0.6 is 0 Å². The quantitative estimate of drug-likeness (QED) is 0.652. The van der Waals surface area contributed by atoms with Crippen molar-refractivity contribution in [3.63, 3.8) is 0 Å². The number of primary sulfonamides is 1. The molecule has 1 aromatic heterocycles. The molecule has 3 rings (SSSR count). The zero-order valence-corrected chi connectivity index (χ0v) is 16.1. The van der Waals surface area contributed by atoms with Gasteiger partial charge >= 0.3 is 5.97 Å². The van der Waals surface area contributed by atoms with Crippen molar-refractivity contribution in [3.05, 3.63) is 48.4 Å². The number of nitrogens with zero attached hydrogens (tertiary/aromatic N) is 1. The molecule has 3 N–H and O–H groups in total. The summed E-state index contributed by atoms with van der Waals surface area (Å²) in [6.07, 6.45) is 2.41. The first-order valence-electron chi connectivity index (χ1n) is 8.69. The van der Waals surface area contributed by atoms with E-state index >= 15 is 0 Å². The van der Waals surface area contributed by atoms with Crippen LogP contribution in [-0.4, -0.2) is 50.3 Å². The van der Waals surface area contributed by atoms with Crippen LogP contribution in [0, 0.1) is 0 Å². The summed E-state index contributed by atoms with van der Waals surface area (Å²) in [4.78, 5) is 38.0. The Labute approximate surface area is 166 Å². The highest BCUT2D eigenvalue weighted by atomic mass is 32.2. The van der Waals surface area contributed by atoms with Gasteiger partial charge in [-0.3, -0.25) is 9.59 Å². The van der Waals surface area contributed by atoms with E-state index in [4.69, 9.17) is 14.3 Å². The summed E-state index contributed by atoms with van der Waals surface area (Å²) >= 11 is 0. The van der Waals surface area contributed by atoms with Gasteiger partial charge in [-0.15, -0.1) is 0 Å². The summed E-state index contributed by atoms with van der Waals surface area (Å²) in [7, 11) is -3.91. The number of amides is 2. The molecule has 11 heteroatoms.